The first-order valence-electron chi connectivity index (χ1n) is 6.05. The third-order valence-electron chi connectivity index (χ3n) is 2.70. The Labute approximate surface area is 106 Å². The highest BCUT2D eigenvalue weighted by molar-refractivity contribution is 5.76. The molecule has 1 N–H and O–H groups in total. The molecule has 0 radical (unpaired) electrons. The van der Waals surface area contributed by atoms with Gasteiger partial charge in [0.25, 0.3) is 0 Å². The monoisotopic (exact) mass is 256 g/mol. The third kappa shape index (κ3) is 3.98. The van der Waals surface area contributed by atoms with Crippen LogP contribution >= 0.6 is 0 Å². The van der Waals surface area contributed by atoms with Gasteiger partial charge in [-0.25, -0.2) is 8.78 Å². The Morgan fingerprint density at radius 2 is 1.94 bits per heavy atom. The van der Waals surface area contributed by atoms with Crippen molar-refractivity contribution in [2.45, 2.75) is 20.3 Å². The summed E-state index contributed by atoms with van der Waals surface area (Å²) >= 11 is 0. The van der Waals surface area contributed by atoms with Gasteiger partial charge in [0.15, 0.2) is 0 Å². The topological polar surface area (TPSA) is 32.3 Å². The largest absolute Gasteiger partial charge is 0.382 e. The van der Waals surface area contributed by atoms with Gasteiger partial charge in [0.05, 0.1) is 5.69 Å². The fraction of sp³-hybridized carbons (Fsp3) is 0.462. The Hall–Kier alpha value is -1.65. The van der Waals surface area contributed by atoms with Crippen molar-refractivity contribution in [3.05, 3.63) is 29.8 Å². The van der Waals surface area contributed by atoms with Crippen molar-refractivity contribution in [1.29, 1.82) is 0 Å². The molecule has 3 nitrogen and oxygen atoms in total. The number of benzene rings is 1. The minimum atomic E-state index is -0.648. The molecule has 0 unspecified atom stereocenters. The molecule has 18 heavy (non-hydrogen) atoms. The standard InChI is InChI=1S/C13H18F2N2O/c1-3-17(4-2)13(18)7-8-16-12-6-5-10(14)9-11(12)15/h5-6,9,16H,3-4,7-8H2,1-2H3. The minimum Gasteiger partial charge on any atom is -0.382 e. The third-order valence-corrected chi connectivity index (χ3v) is 2.70. The van der Waals surface area contributed by atoms with E-state index in [0.29, 0.717) is 26.1 Å². The van der Waals surface area contributed by atoms with Crippen LogP contribution in [0.15, 0.2) is 18.2 Å². The zero-order chi connectivity index (χ0) is 13.5. The summed E-state index contributed by atoms with van der Waals surface area (Å²) in [5.74, 6) is -1.24. The van der Waals surface area contributed by atoms with Gasteiger partial charge in [-0.05, 0) is 26.0 Å². The average Bonchev–Trinajstić information content (AvgIpc) is 2.33. The maximum Gasteiger partial charge on any atom is 0.224 e. The van der Waals surface area contributed by atoms with Gasteiger partial charge >= 0.3 is 0 Å². The normalized spacial score (nSPS) is 10.2. The number of carbonyl (C=O) groups excluding carboxylic acids is 1. The molecule has 1 rings (SSSR count). The fourth-order valence-corrected chi connectivity index (χ4v) is 1.67. The predicted molar refractivity (Wildman–Crippen MR) is 67.4 cm³/mol. The summed E-state index contributed by atoms with van der Waals surface area (Å²) in [5.41, 5.74) is 0.212. The summed E-state index contributed by atoms with van der Waals surface area (Å²) in [7, 11) is 0. The van der Waals surface area contributed by atoms with Crippen LogP contribution in [0, 0.1) is 11.6 Å². The van der Waals surface area contributed by atoms with Gasteiger partial charge in [0, 0.05) is 32.1 Å². The maximum atomic E-state index is 13.3. The van der Waals surface area contributed by atoms with E-state index in [4.69, 9.17) is 0 Å². The highest BCUT2D eigenvalue weighted by Crippen LogP contribution is 2.14. The molecule has 0 saturated carbocycles. The highest BCUT2D eigenvalue weighted by Gasteiger charge is 2.09. The zero-order valence-corrected chi connectivity index (χ0v) is 10.7. The number of rotatable bonds is 6. The van der Waals surface area contributed by atoms with Crippen molar-refractivity contribution >= 4 is 11.6 Å². The fourth-order valence-electron chi connectivity index (χ4n) is 1.67. The lowest BCUT2D eigenvalue weighted by atomic mass is 10.2. The number of halogens is 2. The molecule has 0 spiro atoms. The van der Waals surface area contributed by atoms with Crippen LogP contribution in [-0.4, -0.2) is 30.4 Å². The van der Waals surface area contributed by atoms with Crippen LogP contribution in [0.25, 0.3) is 0 Å². The molecular weight excluding hydrogens is 238 g/mol. The Balaban J connectivity index is 2.44. The first-order valence-corrected chi connectivity index (χ1v) is 6.05. The van der Waals surface area contributed by atoms with Crippen LogP contribution in [0.3, 0.4) is 0 Å². The second kappa shape index (κ2) is 6.93. The summed E-state index contributed by atoms with van der Waals surface area (Å²) in [6.45, 7) is 5.49. The predicted octanol–water partition coefficient (Wildman–Crippen LogP) is 2.64. The number of hydrogen-bond acceptors (Lipinski definition) is 2. The molecule has 1 aromatic rings. The number of amides is 1. The van der Waals surface area contributed by atoms with Gasteiger partial charge in [-0.1, -0.05) is 0 Å². The van der Waals surface area contributed by atoms with E-state index in [1.54, 1.807) is 4.90 Å². The van der Waals surface area contributed by atoms with Crippen molar-refractivity contribution < 1.29 is 13.6 Å². The second-order valence-corrected chi connectivity index (χ2v) is 3.87. The van der Waals surface area contributed by atoms with Crippen molar-refractivity contribution in [1.82, 2.24) is 4.90 Å². The summed E-state index contributed by atoms with van der Waals surface area (Å²) < 4.78 is 25.9. The maximum absolute atomic E-state index is 13.3. The first-order chi connectivity index (χ1) is 8.58. The summed E-state index contributed by atoms with van der Waals surface area (Å²) in [6.07, 6.45) is 0.290. The van der Waals surface area contributed by atoms with Gasteiger partial charge in [0.2, 0.25) is 5.91 Å². The van der Waals surface area contributed by atoms with Gasteiger partial charge in [-0.15, -0.1) is 0 Å². The minimum absolute atomic E-state index is 0.0232. The molecule has 0 aliphatic rings. The van der Waals surface area contributed by atoms with Crippen molar-refractivity contribution in [3.63, 3.8) is 0 Å². The van der Waals surface area contributed by atoms with Gasteiger partial charge in [0.1, 0.15) is 11.6 Å². The molecule has 0 bridgehead atoms. The molecule has 0 saturated heterocycles. The molecule has 1 aromatic carbocycles. The molecule has 0 heterocycles. The van der Waals surface area contributed by atoms with Crippen LogP contribution < -0.4 is 5.32 Å². The number of anilines is 1. The Morgan fingerprint density at radius 3 is 2.50 bits per heavy atom. The molecule has 0 atom stereocenters. The van der Waals surface area contributed by atoms with E-state index < -0.39 is 11.6 Å². The Kier molecular flexibility index (Phi) is 5.55. The number of nitrogens with zero attached hydrogens (tertiary/aromatic N) is 1. The first kappa shape index (κ1) is 14.4. The molecule has 0 aliphatic heterocycles. The number of nitrogens with one attached hydrogen (secondary N) is 1. The zero-order valence-electron chi connectivity index (χ0n) is 10.7. The molecule has 100 valence electrons. The number of carbonyl (C=O) groups is 1. The van der Waals surface area contributed by atoms with Crippen LogP contribution in [-0.2, 0) is 4.79 Å². The van der Waals surface area contributed by atoms with E-state index in [0.717, 1.165) is 6.07 Å². The molecule has 5 heteroatoms. The van der Waals surface area contributed by atoms with Gasteiger partial charge < -0.3 is 10.2 Å². The summed E-state index contributed by atoms with van der Waals surface area (Å²) in [6, 6.07) is 3.32. The van der Waals surface area contributed by atoms with E-state index in [2.05, 4.69) is 5.32 Å². The van der Waals surface area contributed by atoms with Crippen LogP contribution in [0.5, 0.6) is 0 Å². The lowest BCUT2D eigenvalue weighted by Gasteiger charge is -2.18. The van der Waals surface area contributed by atoms with Crippen molar-refractivity contribution in [2.24, 2.45) is 0 Å². The van der Waals surface area contributed by atoms with E-state index in [1.807, 2.05) is 13.8 Å². The molecule has 1 amide bonds. The lowest BCUT2D eigenvalue weighted by Crippen LogP contribution is -2.31. The Bertz CT molecular complexity index is 406. The molecular formula is C13H18F2N2O. The smallest absolute Gasteiger partial charge is 0.224 e. The molecule has 0 aromatic heterocycles. The van der Waals surface area contributed by atoms with E-state index >= 15 is 0 Å². The second-order valence-electron chi connectivity index (χ2n) is 3.87. The SMILES string of the molecule is CCN(CC)C(=O)CCNc1ccc(F)cc1F. The Morgan fingerprint density at radius 1 is 1.28 bits per heavy atom. The van der Waals surface area contributed by atoms with Crippen molar-refractivity contribution in [3.8, 4) is 0 Å². The average molecular weight is 256 g/mol. The van der Waals surface area contributed by atoms with E-state index in [9.17, 15) is 13.6 Å². The van der Waals surface area contributed by atoms with Crippen LogP contribution in [0.1, 0.15) is 20.3 Å². The van der Waals surface area contributed by atoms with Crippen LogP contribution in [0.2, 0.25) is 0 Å². The molecule has 0 fully saturated rings. The van der Waals surface area contributed by atoms with Gasteiger partial charge in [-0.2, -0.15) is 0 Å². The quantitative estimate of drug-likeness (QED) is 0.848. The summed E-state index contributed by atoms with van der Waals surface area (Å²) in [5, 5.41) is 2.78. The number of hydrogen-bond donors (Lipinski definition) is 1. The van der Waals surface area contributed by atoms with E-state index in [-0.39, 0.29) is 11.6 Å². The van der Waals surface area contributed by atoms with Gasteiger partial charge in [-0.3, -0.25) is 4.79 Å². The highest BCUT2D eigenvalue weighted by atomic mass is 19.1. The van der Waals surface area contributed by atoms with E-state index in [1.165, 1.54) is 12.1 Å². The van der Waals surface area contributed by atoms with Crippen molar-refractivity contribution in [2.75, 3.05) is 25.0 Å². The van der Waals surface area contributed by atoms with Crippen LogP contribution in [0.4, 0.5) is 14.5 Å². The summed E-state index contributed by atoms with van der Waals surface area (Å²) in [4.78, 5) is 13.4. The lowest BCUT2D eigenvalue weighted by molar-refractivity contribution is -0.130. The molecule has 0 aliphatic carbocycles.